The van der Waals surface area contributed by atoms with Crippen molar-refractivity contribution in [3.05, 3.63) is 34.6 Å². The van der Waals surface area contributed by atoms with Crippen LogP contribution in [0.5, 0.6) is 0 Å². The summed E-state index contributed by atoms with van der Waals surface area (Å²) >= 11 is 5.35. The molecular formula is C8H7ClF4N2. The van der Waals surface area contributed by atoms with E-state index < -0.39 is 18.0 Å². The number of hydrogen-bond acceptors (Lipinski definition) is 2. The van der Waals surface area contributed by atoms with E-state index in [-0.39, 0.29) is 10.6 Å². The van der Waals surface area contributed by atoms with Crippen LogP contribution in [0.1, 0.15) is 11.6 Å². The second-order valence-electron chi connectivity index (χ2n) is 2.81. The Morgan fingerprint density at radius 3 is 2.33 bits per heavy atom. The molecule has 0 saturated carbocycles. The molecule has 2 nitrogen and oxygen atoms in total. The van der Waals surface area contributed by atoms with E-state index in [1.54, 1.807) is 5.43 Å². The minimum Gasteiger partial charge on any atom is -0.271 e. The maximum absolute atomic E-state index is 12.7. The molecule has 0 spiro atoms. The Hall–Kier alpha value is -0.850. The van der Waals surface area contributed by atoms with Gasteiger partial charge in [0.15, 0.2) is 0 Å². The van der Waals surface area contributed by atoms with E-state index in [0.29, 0.717) is 0 Å². The highest BCUT2D eigenvalue weighted by Gasteiger charge is 2.40. The Bertz CT molecular complexity index is 353. The first-order valence-corrected chi connectivity index (χ1v) is 4.22. The average Bonchev–Trinajstić information content (AvgIpc) is 2.10. The molecule has 0 aliphatic heterocycles. The van der Waals surface area contributed by atoms with Gasteiger partial charge >= 0.3 is 6.18 Å². The summed E-state index contributed by atoms with van der Waals surface area (Å²) in [7, 11) is 0. The Balaban J connectivity index is 3.08. The predicted octanol–water partition coefficient (Wildman–Crippen LogP) is 2.55. The molecule has 0 aliphatic carbocycles. The number of halogens is 5. The van der Waals surface area contributed by atoms with E-state index in [1.165, 1.54) is 0 Å². The number of hydrazine groups is 1. The fourth-order valence-electron chi connectivity index (χ4n) is 1.07. The smallest absolute Gasteiger partial charge is 0.271 e. The van der Waals surface area contributed by atoms with Crippen LogP contribution in [0.15, 0.2) is 18.2 Å². The maximum Gasteiger partial charge on any atom is 0.409 e. The van der Waals surface area contributed by atoms with Gasteiger partial charge in [-0.3, -0.25) is 5.84 Å². The highest BCUT2D eigenvalue weighted by molar-refractivity contribution is 6.30. The predicted molar refractivity (Wildman–Crippen MR) is 47.5 cm³/mol. The van der Waals surface area contributed by atoms with E-state index >= 15 is 0 Å². The summed E-state index contributed by atoms with van der Waals surface area (Å²) in [5, 5.41) is -0.378. The molecule has 0 heterocycles. The monoisotopic (exact) mass is 242 g/mol. The third kappa shape index (κ3) is 2.80. The lowest BCUT2D eigenvalue weighted by Gasteiger charge is -2.19. The lowest BCUT2D eigenvalue weighted by atomic mass is 10.1. The SMILES string of the molecule is NN[C@H](c1ccc(F)c(Cl)c1)C(F)(F)F. The molecule has 7 heteroatoms. The minimum absolute atomic E-state index is 0.239. The summed E-state index contributed by atoms with van der Waals surface area (Å²) in [6.45, 7) is 0. The molecule has 0 aromatic heterocycles. The van der Waals surface area contributed by atoms with Crippen LogP contribution in [0.3, 0.4) is 0 Å². The Morgan fingerprint density at radius 2 is 1.93 bits per heavy atom. The lowest BCUT2D eigenvalue weighted by molar-refractivity contribution is -0.157. The van der Waals surface area contributed by atoms with Crippen molar-refractivity contribution in [3.8, 4) is 0 Å². The zero-order valence-corrected chi connectivity index (χ0v) is 8.03. The van der Waals surface area contributed by atoms with Crippen molar-refractivity contribution in [2.45, 2.75) is 12.2 Å². The van der Waals surface area contributed by atoms with Crippen molar-refractivity contribution in [3.63, 3.8) is 0 Å². The first-order valence-electron chi connectivity index (χ1n) is 3.84. The fourth-order valence-corrected chi connectivity index (χ4v) is 1.26. The summed E-state index contributed by atoms with van der Waals surface area (Å²) in [5.74, 6) is 3.99. The molecular weight excluding hydrogens is 236 g/mol. The Kier molecular flexibility index (Phi) is 3.54. The van der Waals surface area contributed by atoms with Crippen LogP contribution in [0, 0.1) is 5.82 Å². The molecule has 0 saturated heterocycles. The number of nitrogens with one attached hydrogen (secondary N) is 1. The van der Waals surface area contributed by atoms with E-state index in [0.717, 1.165) is 18.2 Å². The Labute approximate surface area is 88.0 Å². The van der Waals surface area contributed by atoms with Gasteiger partial charge in [-0.1, -0.05) is 17.7 Å². The standard InChI is InChI=1S/C8H7ClF4N2/c9-5-3-4(1-2-6(5)10)7(15-14)8(11,12)13/h1-3,7,15H,14H2/t7-/m1/s1. The number of rotatable bonds is 2. The van der Waals surface area contributed by atoms with Gasteiger partial charge in [0.05, 0.1) is 5.02 Å². The summed E-state index contributed by atoms with van der Waals surface area (Å²) in [6.07, 6.45) is -4.56. The zero-order chi connectivity index (χ0) is 11.6. The third-order valence-electron chi connectivity index (χ3n) is 1.77. The van der Waals surface area contributed by atoms with Gasteiger partial charge in [-0.25, -0.2) is 9.82 Å². The largest absolute Gasteiger partial charge is 0.409 e. The summed E-state index contributed by atoms with van der Waals surface area (Å²) in [5.41, 5.74) is 1.36. The van der Waals surface area contributed by atoms with Crippen LogP contribution in [-0.4, -0.2) is 6.18 Å². The molecule has 1 aromatic carbocycles. The van der Waals surface area contributed by atoms with Crippen molar-refractivity contribution >= 4 is 11.6 Å². The molecule has 15 heavy (non-hydrogen) atoms. The van der Waals surface area contributed by atoms with Crippen molar-refractivity contribution in [1.29, 1.82) is 0 Å². The van der Waals surface area contributed by atoms with Crippen LogP contribution in [0.4, 0.5) is 17.6 Å². The minimum atomic E-state index is -4.56. The highest BCUT2D eigenvalue weighted by atomic mass is 35.5. The molecule has 0 aliphatic rings. The second kappa shape index (κ2) is 4.34. The van der Waals surface area contributed by atoms with Gasteiger partial charge in [-0.2, -0.15) is 13.2 Å². The molecule has 84 valence electrons. The molecule has 1 atom stereocenters. The van der Waals surface area contributed by atoms with Crippen LogP contribution >= 0.6 is 11.6 Å². The normalized spacial score (nSPS) is 14.0. The van der Waals surface area contributed by atoms with E-state index in [4.69, 9.17) is 17.4 Å². The molecule has 3 N–H and O–H groups in total. The molecule has 0 amide bonds. The fraction of sp³-hybridized carbons (Fsp3) is 0.250. The van der Waals surface area contributed by atoms with E-state index in [2.05, 4.69) is 0 Å². The van der Waals surface area contributed by atoms with E-state index in [9.17, 15) is 17.6 Å². The van der Waals surface area contributed by atoms with Crippen LogP contribution in [0.2, 0.25) is 5.02 Å². The van der Waals surface area contributed by atoms with Gasteiger partial charge in [0, 0.05) is 0 Å². The summed E-state index contributed by atoms with van der Waals surface area (Å²) < 4.78 is 49.8. The molecule has 0 unspecified atom stereocenters. The number of benzene rings is 1. The average molecular weight is 243 g/mol. The molecule has 0 bridgehead atoms. The molecule has 0 fully saturated rings. The quantitative estimate of drug-likeness (QED) is 0.475. The molecule has 1 aromatic rings. The van der Waals surface area contributed by atoms with E-state index in [1.807, 2.05) is 0 Å². The van der Waals surface area contributed by atoms with Crippen molar-refractivity contribution in [1.82, 2.24) is 5.43 Å². The van der Waals surface area contributed by atoms with Gasteiger partial charge in [0.2, 0.25) is 0 Å². The summed E-state index contributed by atoms with van der Waals surface area (Å²) in [4.78, 5) is 0. The first kappa shape index (κ1) is 12.2. The van der Waals surface area contributed by atoms with Gasteiger partial charge in [0.25, 0.3) is 0 Å². The van der Waals surface area contributed by atoms with Gasteiger partial charge in [0.1, 0.15) is 11.9 Å². The zero-order valence-electron chi connectivity index (χ0n) is 7.28. The van der Waals surface area contributed by atoms with Gasteiger partial charge < -0.3 is 0 Å². The van der Waals surface area contributed by atoms with Gasteiger partial charge in [-0.05, 0) is 17.7 Å². The number of alkyl halides is 3. The van der Waals surface area contributed by atoms with Gasteiger partial charge in [-0.15, -0.1) is 0 Å². The number of hydrogen-bond donors (Lipinski definition) is 2. The van der Waals surface area contributed by atoms with Crippen molar-refractivity contribution in [2.75, 3.05) is 0 Å². The van der Waals surface area contributed by atoms with Crippen LogP contribution in [-0.2, 0) is 0 Å². The van der Waals surface area contributed by atoms with Crippen molar-refractivity contribution in [2.24, 2.45) is 5.84 Å². The number of nitrogens with two attached hydrogens (primary N) is 1. The van der Waals surface area contributed by atoms with Crippen molar-refractivity contribution < 1.29 is 17.6 Å². The van der Waals surface area contributed by atoms with Crippen LogP contribution < -0.4 is 11.3 Å². The highest BCUT2D eigenvalue weighted by Crippen LogP contribution is 2.33. The summed E-state index contributed by atoms with van der Waals surface area (Å²) in [6, 6.07) is 0.651. The lowest BCUT2D eigenvalue weighted by Crippen LogP contribution is -2.38. The molecule has 0 radical (unpaired) electrons. The third-order valence-corrected chi connectivity index (χ3v) is 2.06. The maximum atomic E-state index is 12.7. The van der Waals surface area contributed by atoms with Crippen LogP contribution in [0.25, 0.3) is 0 Å². The topological polar surface area (TPSA) is 38.0 Å². The Morgan fingerprint density at radius 1 is 1.33 bits per heavy atom. The second-order valence-corrected chi connectivity index (χ2v) is 3.22. The first-order chi connectivity index (χ1) is 6.86. The molecule has 1 rings (SSSR count).